The Balaban J connectivity index is 1.48. The van der Waals surface area contributed by atoms with E-state index in [1.807, 2.05) is 13.0 Å². The van der Waals surface area contributed by atoms with E-state index < -0.39 is 5.60 Å². The fourth-order valence-corrected chi connectivity index (χ4v) is 3.96. The molecule has 0 aliphatic heterocycles. The molecule has 1 aliphatic carbocycles. The van der Waals surface area contributed by atoms with Crippen molar-refractivity contribution in [1.82, 2.24) is 10.3 Å². The van der Waals surface area contributed by atoms with Crippen LogP contribution < -0.4 is 0 Å². The van der Waals surface area contributed by atoms with E-state index in [9.17, 15) is 9.90 Å². The minimum absolute atomic E-state index is 0.0195. The lowest BCUT2D eigenvalue weighted by Gasteiger charge is -2.36. The highest BCUT2D eigenvalue weighted by Gasteiger charge is 2.32. The molecule has 140 valence electrons. The predicted octanol–water partition coefficient (Wildman–Crippen LogP) is 4.71. The van der Waals surface area contributed by atoms with Gasteiger partial charge in [0.05, 0.1) is 5.60 Å². The molecule has 1 aliphatic rings. The van der Waals surface area contributed by atoms with E-state index in [0.717, 1.165) is 51.4 Å². The number of nitrogens with zero attached hydrogens (tertiary/aromatic N) is 2. The van der Waals surface area contributed by atoms with E-state index in [-0.39, 0.29) is 11.7 Å². The van der Waals surface area contributed by atoms with Crippen LogP contribution in [-0.2, 0) is 0 Å². The molecular formula is C21H28N2O3. The van der Waals surface area contributed by atoms with Gasteiger partial charge in [-0.05, 0) is 85.8 Å². The summed E-state index contributed by atoms with van der Waals surface area (Å²) in [7, 11) is 0. The molecule has 2 aromatic rings. The fourth-order valence-electron chi connectivity index (χ4n) is 3.96. The number of allylic oxidation sites excluding steroid dienone is 1. The van der Waals surface area contributed by atoms with Gasteiger partial charge in [0.1, 0.15) is 11.0 Å². The van der Waals surface area contributed by atoms with Crippen molar-refractivity contribution in [2.45, 2.75) is 63.9 Å². The Kier molecular flexibility index (Phi) is 5.87. The second-order valence-electron chi connectivity index (χ2n) is 7.81. The van der Waals surface area contributed by atoms with Crippen LogP contribution in [0.15, 0.2) is 35.5 Å². The maximum Gasteiger partial charge on any atom is 0.165 e. The van der Waals surface area contributed by atoms with Crippen LogP contribution in [-0.4, -0.2) is 26.8 Å². The molecular weight excluding hydrogens is 328 g/mol. The summed E-state index contributed by atoms with van der Waals surface area (Å²) in [6, 6.07) is 5.33. The van der Waals surface area contributed by atoms with Gasteiger partial charge in [0.15, 0.2) is 5.78 Å². The Hall–Kier alpha value is -2.01. The number of hydrogen-bond donors (Lipinski definition) is 1. The van der Waals surface area contributed by atoms with Crippen LogP contribution in [0.2, 0.25) is 0 Å². The summed E-state index contributed by atoms with van der Waals surface area (Å²) in [4.78, 5) is 12.7. The average molecular weight is 356 g/mol. The van der Waals surface area contributed by atoms with Crippen LogP contribution in [0.4, 0.5) is 0 Å². The quantitative estimate of drug-likeness (QED) is 0.547. The van der Waals surface area contributed by atoms with E-state index in [4.69, 9.17) is 4.63 Å². The van der Waals surface area contributed by atoms with Crippen LogP contribution >= 0.6 is 0 Å². The van der Waals surface area contributed by atoms with Gasteiger partial charge < -0.3 is 5.11 Å². The smallest absolute Gasteiger partial charge is 0.165 e. The molecule has 5 heteroatoms. The number of fused-ring (bicyclic) bond motifs is 1. The summed E-state index contributed by atoms with van der Waals surface area (Å²) >= 11 is 0. The van der Waals surface area contributed by atoms with Crippen molar-refractivity contribution in [3.8, 4) is 0 Å². The minimum Gasteiger partial charge on any atom is -0.390 e. The first kappa shape index (κ1) is 18.8. The van der Waals surface area contributed by atoms with Crippen molar-refractivity contribution < 1.29 is 14.5 Å². The fraction of sp³-hybridized carbons (Fsp3) is 0.571. The lowest BCUT2D eigenvalue weighted by molar-refractivity contribution is -0.0171. The third-order valence-corrected chi connectivity index (χ3v) is 5.84. The Morgan fingerprint density at radius 2 is 2.12 bits per heavy atom. The number of hydrogen-bond acceptors (Lipinski definition) is 5. The molecule has 1 saturated carbocycles. The SMILES string of the molecule is C=CCCC1(O)CCC(CCC(C)C(=O)c2ccc3nonc3c2)CC1. The van der Waals surface area contributed by atoms with E-state index in [1.54, 1.807) is 18.2 Å². The average Bonchev–Trinajstić information content (AvgIpc) is 3.13. The lowest BCUT2D eigenvalue weighted by atomic mass is 9.74. The Morgan fingerprint density at radius 1 is 1.38 bits per heavy atom. The molecule has 1 heterocycles. The molecule has 1 aromatic carbocycles. The molecule has 0 amide bonds. The normalized spacial score (nSPS) is 24.5. The molecule has 0 spiro atoms. The molecule has 0 saturated heterocycles. The Labute approximate surface area is 154 Å². The van der Waals surface area contributed by atoms with E-state index >= 15 is 0 Å². The van der Waals surface area contributed by atoms with Crippen LogP contribution in [0.3, 0.4) is 0 Å². The van der Waals surface area contributed by atoms with Crippen LogP contribution in [0, 0.1) is 11.8 Å². The molecule has 1 unspecified atom stereocenters. The second kappa shape index (κ2) is 8.12. The number of Topliss-reactive ketones (excluding diaryl/α,β-unsaturated/α-hetero) is 1. The highest BCUT2D eigenvalue weighted by molar-refractivity contribution is 6.00. The van der Waals surface area contributed by atoms with Crippen molar-refractivity contribution in [3.05, 3.63) is 36.4 Å². The van der Waals surface area contributed by atoms with Crippen LogP contribution in [0.1, 0.15) is 68.6 Å². The zero-order valence-corrected chi connectivity index (χ0v) is 15.5. The first-order valence-corrected chi connectivity index (χ1v) is 9.60. The Morgan fingerprint density at radius 3 is 2.85 bits per heavy atom. The van der Waals surface area contributed by atoms with E-state index in [2.05, 4.69) is 16.9 Å². The number of carbonyl (C=O) groups excluding carboxylic acids is 1. The molecule has 5 nitrogen and oxygen atoms in total. The first-order valence-electron chi connectivity index (χ1n) is 9.60. The third-order valence-electron chi connectivity index (χ3n) is 5.84. The maximum atomic E-state index is 12.7. The van der Waals surface area contributed by atoms with Gasteiger partial charge >= 0.3 is 0 Å². The number of ketones is 1. The first-order chi connectivity index (χ1) is 12.5. The van der Waals surface area contributed by atoms with E-state index in [1.165, 1.54) is 0 Å². The molecule has 3 rings (SSSR count). The summed E-state index contributed by atoms with van der Waals surface area (Å²) in [5.74, 6) is 0.735. The zero-order chi connectivity index (χ0) is 18.6. The Bertz CT molecular complexity index is 759. The molecule has 1 fully saturated rings. The van der Waals surface area contributed by atoms with Gasteiger partial charge in [-0.15, -0.1) is 6.58 Å². The molecule has 1 atom stereocenters. The number of rotatable bonds is 8. The molecule has 0 radical (unpaired) electrons. The highest BCUT2D eigenvalue weighted by Crippen LogP contribution is 2.37. The standard InChI is InChI=1S/C21H28N2O3/c1-3-4-11-21(25)12-9-16(10-13-21)6-5-15(2)20(24)17-7-8-18-19(14-17)23-26-22-18/h3,7-8,14-16,25H,1,4-6,9-13H2,2H3. The van der Waals surface area contributed by atoms with Gasteiger partial charge in [-0.3, -0.25) is 4.79 Å². The van der Waals surface area contributed by atoms with Gasteiger partial charge in [0.25, 0.3) is 0 Å². The third kappa shape index (κ3) is 4.39. The molecule has 1 aromatic heterocycles. The summed E-state index contributed by atoms with van der Waals surface area (Å²) in [5, 5.41) is 18.2. The number of aliphatic hydroxyl groups is 1. The predicted molar refractivity (Wildman–Crippen MR) is 101 cm³/mol. The summed E-state index contributed by atoms with van der Waals surface area (Å²) in [6.45, 7) is 5.74. The highest BCUT2D eigenvalue weighted by atomic mass is 16.6. The number of carbonyl (C=O) groups is 1. The monoisotopic (exact) mass is 356 g/mol. The minimum atomic E-state index is -0.507. The summed E-state index contributed by atoms with van der Waals surface area (Å²) in [5.41, 5.74) is 1.45. The van der Waals surface area contributed by atoms with Gasteiger partial charge in [-0.1, -0.05) is 13.0 Å². The van der Waals surface area contributed by atoms with Gasteiger partial charge in [0, 0.05) is 11.5 Å². The van der Waals surface area contributed by atoms with Crippen molar-refractivity contribution >= 4 is 16.8 Å². The second-order valence-corrected chi connectivity index (χ2v) is 7.81. The van der Waals surface area contributed by atoms with Crippen LogP contribution in [0.25, 0.3) is 11.0 Å². The largest absolute Gasteiger partial charge is 0.390 e. The topological polar surface area (TPSA) is 76.2 Å². The van der Waals surface area contributed by atoms with Crippen molar-refractivity contribution in [1.29, 1.82) is 0 Å². The van der Waals surface area contributed by atoms with Gasteiger partial charge in [-0.25, -0.2) is 4.63 Å². The number of aromatic nitrogens is 2. The summed E-state index contributed by atoms with van der Waals surface area (Å²) < 4.78 is 4.69. The molecule has 1 N–H and O–H groups in total. The van der Waals surface area contributed by atoms with Crippen molar-refractivity contribution in [3.63, 3.8) is 0 Å². The van der Waals surface area contributed by atoms with Crippen molar-refractivity contribution in [2.24, 2.45) is 11.8 Å². The van der Waals surface area contributed by atoms with Crippen molar-refractivity contribution in [2.75, 3.05) is 0 Å². The summed E-state index contributed by atoms with van der Waals surface area (Å²) in [6.07, 6.45) is 9.31. The lowest BCUT2D eigenvalue weighted by Crippen LogP contribution is -2.34. The van der Waals surface area contributed by atoms with E-state index in [0.29, 0.717) is 22.5 Å². The zero-order valence-electron chi connectivity index (χ0n) is 15.5. The van der Waals surface area contributed by atoms with Crippen LogP contribution in [0.5, 0.6) is 0 Å². The number of benzene rings is 1. The molecule has 26 heavy (non-hydrogen) atoms. The van der Waals surface area contributed by atoms with Gasteiger partial charge in [0.2, 0.25) is 0 Å². The van der Waals surface area contributed by atoms with Gasteiger partial charge in [-0.2, -0.15) is 0 Å². The molecule has 0 bridgehead atoms. The maximum absolute atomic E-state index is 12.7.